The number of rotatable bonds is 5. The Kier molecular flexibility index (Phi) is 5.25. The van der Waals surface area contributed by atoms with Crippen LogP contribution in [0.15, 0.2) is 42.9 Å². The molecule has 1 saturated heterocycles. The Morgan fingerprint density at radius 2 is 2.07 bits per heavy atom. The zero-order valence-corrected chi connectivity index (χ0v) is 16.1. The predicted octanol–water partition coefficient (Wildman–Crippen LogP) is 2.19. The van der Waals surface area contributed by atoms with Crippen molar-refractivity contribution in [3.63, 3.8) is 0 Å². The summed E-state index contributed by atoms with van der Waals surface area (Å²) in [4.78, 5) is 23.3. The summed E-state index contributed by atoms with van der Waals surface area (Å²) in [6.07, 6.45) is 8.19. The van der Waals surface area contributed by atoms with Crippen LogP contribution in [-0.2, 0) is 13.5 Å². The molecule has 4 heterocycles. The molecule has 3 N–H and O–H groups in total. The third-order valence-electron chi connectivity index (χ3n) is 5.35. The summed E-state index contributed by atoms with van der Waals surface area (Å²) in [7, 11) is 2.01. The smallest absolute Gasteiger partial charge is 0.255 e. The lowest BCUT2D eigenvalue weighted by atomic mass is 10.1. The molecule has 4 rings (SSSR count). The summed E-state index contributed by atoms with van der Waals surface area (Å²) < 4.78 is 2.05. The van der Waals surface area contributed by atoms with Crippen molar-refractivity contribution in [2.45, 2.75) is 25.3 Å². The van der Waals surface area contributed by atoms with Crippen LogP contribution < -0.4 is 11.1 Å². The Balaban J connectivity index is 1.34. The third-order valence-corrected chi connectivity index (χ3v) is 5.35. The van der Waals surface area contributed by atoms with E-state index in [1.807, 2.05) is 36.3 Å². The molecule has 0 spiro atoms. The average molecular weight is 378 g/mol. The van der Waals surface area contributed by atoms with Crippen LogP contribution in [0.1, 0.15) is 28.8 Å². The average Bonchev–Trinajstić information content (AvgIpc) is 3.05. The van der Waals surface area contributed by atoms with Crippen molar-refractivity contribution >= 4 is 22.8 Å². The minimum absolute atomic E-state index is 0.0363. The summed E-state index contributed by atoms with van der Waals surface area (Å²) in [6.45, 7) is 2.21. The highest BCUT2D eigenvalue weighted by Gasteiger charge is 2.21. The zero-order chi connectivity index (χ0) is 19.5. The van der Waals surface area contributed by atoms with Gasteiger partial charge in [-0.3, -0.25) is 4.79 Å². The number of carbonyl (C=O) groups is 1. The second-order valence-electron chi connectivity index (χ2n) is 7.38. The number of nitrogens with zero attached hydrogens (tertiary/aromatic N) is 4. The first kappa shape index (κ1) is 18.4. The minimum atomic E-state index is 0.0363. The van der Waals surface area contributed by atoms with Crippen LogP contribution in [-0.4, -0.2) is 51.0 Å². The topological polar surface area (TPSA) is 89.1 Å². The van der Waals surface area contributed by atoms with Gasteiger partial charge >= 0.3 is 0 Å². The number of carbonyl (C=O) groups excluding carboxylic acids is 1. The van der Waals surface area contributed by atoms with Crippen LogP contribution in [0.25, 0.3) is 11.0 Å². The minimum Gasteiger partial charge on any atom is -0.370 e. The van der Waals surface area contributed by atoms with Crippen LogP contribution in [0.2, 0.25) is 0 Å². The standard InChI is InChI=1S/C21H26N6O/c1-26-14-16(18-3-2-9-24-20(18)26)6-10-23-19-5-4-15(13-25-19)21(28)27-11-7-17(22)8-12-27/h2-5,9,13-14,17H,6-8,10-12,22H2,1H3,(H,23,25). The molecular formula is C21H26N6O. The Labute approximate surface area is 164 Å². The number of fused-ring (bicyclic) bond motifs is 1. The Morgan fingerprint density at radius 1 is 1.25 bits per heavy atom. The van der Waals surface area contributed by atoms with Crippen molar-refractivity contribution in [1.29, 1.82) is 0 Å². The molecule has 0 bridgehead atoms. The number of piperidine rings is 1. The molecule has 0 aliphatic carbocycles. The predicted molar refractivity (Wildman–Crippen MR) is 110 cm³/mol. The molecule has 1 amide bonds. The molecule has 3 aromatic rings. The maximum absolute atomic E-state index is 12.6. The monoisotopic (exact) mass is 378 g/mol. The quantitative estimate of drug-likeness (QED) is 0.710. The van der Waals surface area contributed by atoms with Gasteiger partial charge in [0.2, 0.25) is 0 Å². The molecule has 7 heteroatoms. The molecule has 3 aromatic heterocycles. The maximum Gasteiger partial charge on any atom is 0.255 e. The number of nitrogens with two attached hydrogens (primary N) is 1. The van der Waals surface area contributed by atoms with E-state index >= 15 is 0 Å². The van der Waals surface area contributed by atoms with E-state index in [0.29, 0.717) is 5.56 Å². The molecule has 0 aromatic carbocycles. The first-order chi connectivity index (χ1) is 13.6. The van der Waals surface area contributed by atoms with E-state index in [2.05, 4.69) is 32.1 Å². The first-order valence-corrected chi connectivity index (χ1v) is 9.75. The van der Waals surface area contributed by atoms with E-state index < -0.39 is 0 Å². The molecule has 0 atom stereocenters. The van der Waals surface area contributed by atoms with E-state index in [9.17, 15) is 4.79 Å². The number of hydrogen-bond acceptors (Lipinski definition) is 5. The van der Waals surface area contributed by atoms with Gasteiger partial charge in [0.05, 0.1) is 5.56 Å². The van der Waals surface area contributed by atoms with Crippen molar-refractivity contribution in [2.75, 3.05) is 25.0 Å². The van der Waals surface area contributed by atoms with Gasteiger partial charge < -0.3 is 20.5 Å². The summed E-state index contributed by atoms with van der Waals surface area (Å²) in [5, 5.41) is 4.52. The number of anilines is 1. The number of nitrogens with one attached hydrogen (secondary N) is 1. The zero-order valence-electron chi connectivity index (χ0n) is 16.1. The van der Waals surface area contributed by atoms with Gasteiger partial charge in [-0.2, -0.15) is 0 Å². The van der Waals surface area contributed by atoms with Crippen molar-refractivity contribution in [3.05, 3.63) is 54.0 Å². The van der Waals surface area contributed by atoms with Gasteiger partial charge in [0, 0.05) is 56.7 Å². The normalized spacial score (nSPS) is 15.1. The van der Waals surface area contributed by atoms with Gasteiger partial charge in [0.1, 0.15) is 11.5 Å². The van der Waals surface area contributed by atoms with E-state index in [1.54, 1.807) is 6.20 Å². The Bertz CT molecular complexity index is 957. The first-order valence-electron chi connectivity index (χ1n) is 9.75. The maximum atomic E-state index is 12.6. The summed E-state index contributed by atoms with van der Waals surface area (Å²) in [6, 6.07) is 7.99. The lowest BCUT2D eigenvalue weighted by Gasteiger charge is -2.30. The number of aromatic nitrogens is 3. The van der Waals surface area contributed by atoms with Gasteiger partial charge in [-0.05, 0) is 49.1 Å². The largest absolute Gasteiger partial charge is 0.370 e. The molecule has 0 saturated carbocycles. The summed E-state index contributed by atoms with van der Waals surface area (Å²) in [5.74, 6) is 0.810. The highest BCUT2D eigenvalue weighted by atomic mass is 16.2. The second kappa shape index (κ2) is 7.98. The summed E-state index contributed by atoms with van der Waals surface area (Å²) in [5.41, 5.74) is 8.79. The molecule has 0 radical (unpaired) electrons. The van der Waals surface area contributed by atoms with Crippen molar-refractivity contribution in [1.82, 2.24) is 19.4 Å². The molecular weight excluding hydrogens is 352 g/mol. The van der Waals surface area contributed by atoms with Crippen molar-refractivity contribution in [3.8, 4) is 0 Å². The van der Waals surface area contributed by atoms with Crippen LogP contribution in [0.5, 0.6) is 0 Å². The van der Waals surface area contributed by atoms with Crippen LogP contribution in [0.4, 0.5) is 5.82 Å². The lowest BCUT2D eigenvalue weighted by Crippen LogP contribution is -2.42. The third kappa shape index (κ3) is 3.84. The number of amides is 1. The number of hydrogen-bond donors (Lipinski definition) is 2. The fourth-order valence-electron chi connectivity index (χ4n) is 3.73. The van der Waals surface area contributed by atoms with Crippen molar-refractivity contribution in [2.24, 2.45) is 12.8 Å². The molecule has 28 heavy (non-hydrogen) atoms. The van der Waals surface area contributed by atoms with Gasteiger partial charge in [0.15, 0.2) is 0 Å². The Morgan fingerprint density at radius 3 is 2.82 bits per heavy atom. The molecule has 0 unspecified atom stereocenters. The SMILES string of the molecule is Cn1cc(CCNc2ccc(C(=O)N3CCC(N)CC3)cn2)c2cccnc21. The fourth-order valence-corrected chi connectivity index (χ4v) is 3.73. The summed E-state index contributed by atoms with van der Waals surface area (Å²) >= 11 is 0. The van der Waals surface area contributed by atoms with Crippen molar-refractivity contribution < 1.29 is 4.79 Å². The van der Waals surface area contributed by atoms with Gasteiger partial charge in [0.25, 0.3) is 5.91 Å². The number of pyridine rings is 2. The van der Waals surface area contributed by atoms with Crippen LogP contribution in [0, 0.1) is 0 Å². The number of likely N-dealkylation sites (tertiary alicyclic amines) is 1. The van der Waals surface area contributed by atoms with E-state index in [1.165, 1.54) is 10.9 Å². The van der Waals surface area contributed by atoms with E-state index in [4.69, 9.17) is 5.73 Å². The fraction of sp³-hybridized carbons (Fsp3) is 0.381. The highest BCUT2D eigenvalue weighted by Crippen LogP contribution is 2.19. The Hall–Kier alpha value is -2.93. The van der Waals surface area contributed by atoms with E-state index in [-0.39, 0.29) is 11.9 Å². The van der Waals surface area contributed by atoms with E-state index in [0.717, 1.165) is 50.4 Å². The van der Waals surface area contributed by atoms with Gasteiger partial charge in [-0.1, -0.05) is 0 Å². The number of aryl methyl sites for hydroxylation is 1. The second-order valence-corrected chi connectivity index (χ2v) is 7.38. The molecule has 1 fully saturated rings. The molecule has 146 valence electrons. The molecule has 7 nitrogen and oxygen atoms in total. The lowest BCUT2D eigenvalue weighted by molar-refractivity contribution is 0.0714. The van der Waals surface area contributed by atoms with Crippen LogP contribution >= 0.6 is 0 Å². The molecule has 1 aliphatic heterocycles. The molecule has 1 aliphatic rings. The highest BCUT2D eigenvalue weighted by molar-refractivity contribution is 5.94. The van der Waals surface area contributed by atoms with Crippen LogP contribution in [0.3, 0.4) is 0 Å². The van der Waals surface area contributed by atoms with Gasteiger partial charge in [-0.15, -0.1) is 0 Å². The van der Waals surface area contributed by atoms with Gasteiger partial charge in [-0.25, -0.2) is 9.97 Å².